The SMILES string of the molecule is C#CCCCOc1cc([N+](=O)[O-])c(CO)cc1OC. The number of nitrogens with zero attached hydrogens (tertiary/aromatic N) is 1. The number of hydrogen-bond donors (Lipinski definition) is 1. The fraction of sp³-hybridized carbons (Fsp3) is 0.385. The van der Waals surface area contributed by atoms with Gasteiger partial charge in [-0.05, 0) is 12.5 Å². The van der Waals surface area contributed by atoms with E-state index in [0.717, 1.165) is 0 Å². The van der Waals surface area contributed by atoms with E-state index in [9.17, 15) is 10.1 Å². The third-order valence-corrected chi connectivity index (χ3v) is 2.45. The topological polar surface area (TPSA) is 81.8 Å². The van der Waals surface area contributed by atoms with Crippen LogP contribution >= 0.6 is 0 Å². The van der Waals surface area contributed by atoms with E-state index in [4.69, 9.17) is 21.0 Å². The Balaban J connectivity index is 2.98. The highest BCUT2D eigenvalue weighted by atomic mass is 16.6. The second-order valence-electron chi connectivity index (χ2n) is 3.70. The van der Waals surface area contributed by atoms with Gasteiger partial charge in [0.25, 0.3) is 5.69 Å². The van der Waals surface area contributed by atoms with E-state index in [0.29, 0.717) is 25.2 Å². The lowest BCUT2D eigenvalue weighted by Gasteiger charge is -2.11. The van der Waals surface area contributed by atoms with Crippen LogP contribution in [0.3, 0.4) is 0 Å². The number of hydrogen-bond acceptors (Lipinski definition) is 5. The maximum absolute atomic E-state index is 10.9. The van der Waals surface area contributed by atoms with Gasteiger partial charge in [0.15, 0.2) is 11.5 Å². The molecule has 0 bridgehead atoms. The Kier molecular flexibility index (Phi) is 5.64. The van der Waals surface area contributed by atoms with Gasteiger partial charge in [-0.1, -0.05) is 0 Å². The number of rotatable bonds is 7. The Morgan fingerprint density at radius 1 is 1.47 bits per heavy atom. The second kappa shape index (κ2) is 7.24. The van der Waals surface area contributed by atoms with Crippen LogP contribution in [0.1, 0.15) is 18.4 Å². The van der Waals surface area contributed by atoms with Gasteiger partial charge in [0.2, 0.25) is 0 Å². The van der Waals surface area contributed by atoms with Gasteiger partial charge in [0.05, 0.1) is 36.9 Å². The lowest BCUT2D eigenvalue weighted by atomic mass is 10.1. The Morgan fingerprint density at radius 2 is 2.21 bits per heavy atom. The maximum Gasteiger partial charge on any atom is 0.278 e. The van der Waals surface area contributed by atoms with Gasteiger partial charge in [0, 0.05) is 6.42 Å². The molecule has 102 valence electrons. The van der Waals surface area contributed by atoms with Crippen molar-refractivity contribution in [3.05, 3.63) is 27.8 Å². The van der Waals surface area contributed by atoms with Crippen LogP contribution in [0.2, 0.25) is 0 Å². The van der Waals surface area contributed by atoms with E-state index in [-0.39, 0.29) is 17.0 Å². The van der Waals surface area contributed by atoms with Crippen molar-refractivity contribution in [3.63, 3.8) is 0 Å². The van der Waals surface area contributed by atoms with Crippen LogP contribution in [0.4, 0.5) is 5.69 Å². The largest absolute Gasteiger partial charge is 0.493 e. The summed E-state index contributed by atoms with van der Waals surface area (Å²) < 4.78 is 10.5. The molecule has 0 fully saturated rings. The number of ether oxygens (including phenoxy) is 2. The zero-order chi connectivity index (χ0) is 14.3. The van der Waals surface area contributed by atoms with E-state index in [1.165, 1.54) is 19.2 Å². The molecule has 0 saturated carbocycles. The van der Waals surface area contributed by atoms with Gasteiger partial charge in [-0.3, -0.25) is 10.1 Å². The van der Waals surface area contributed by atoms with Gasteiger partial charge in [-0.25, -0.2) is 0 Å². The summed E-state index contributed by atoms with van der Waals surface area (Å²) in [5.41, 5.74) is -0.0203. The van der Waals surface area contributed by atoms with Crippen molar-refractivity contribution in [3.8, 4) is 23.8 Å². The van der Waals surface area contributed by atoms with Crippen LogP contribution in [0.15, 0.2) is 12.1 Å². The number of nitro benzene ring substituents is 1. The minimum atomic E-state index is -0.570. The Labute approximate surface area is 111 Å². The second-order valence-corrected chi connectivity index (χ2v) is 3.70. The summed E-state index contributed by atoms with van der Waals surface area (Å²) in [6, 6.07) is 2.65. The number of nitro groups is 1. The molecule has 0 radical (unpaired) electrons. The third kappa shape index (κ3) is 3.86. The molecule has 0 aromatic heterocycles. The average molecular weight is 265 g/mol. The van der Waals surface area contributed by atoms with Crippen LogP contribution in [0.5, 0.6) is 11.5 Å². The Morgan fingerprint density at radius 3 is 2.74 bits per heavy atom. The van der Waals surface area contributed by atoms with Gasteiger partial charge >= 0.3 is 0 Å². The summed E-state index contributed by atoms with van der Waals surface area (Å²) in [6.45, 7) is -0.0970. The maximum atomic E-state index is 10.9. The van der Waals surface area contributed by atoms with Gasteiger partial charge < -0.3 is 14.6 Å². The number of unbranched alkanes of at least 4 members (excludes halogenated alkanes) is 1. The Hall–Kier alpha value is -2.26. The number of aliphatic hydroxyl groups excluding tert-OH is 1. The van der Waals surface area contributed by atoms with Crippen LogP contribution in [0.25, 0.3) is 0 Å². The molecule has 1 aromatic carbocycles. The summed E-state index contributed by atoms with van der Waals surface area (Å²) in [4.78, 5) is 10.3. The summed E-state index contributed by atoms with van der Waals surface area (Å²) in [5, 5.41) is 20.0. The van der Waals surface area contributed by atoms with E-state index >= 15 is 0 Å². The normalized spacial score (nSPS) is 9.74. The highest BCUT2D eigenvalue weighted by Gasteiger charge is 2.19. The molecule has 0 atom stereocenters. The van der Waals surface area contributed by atoms with Crippen LogP contribution in [0, 0.1) is 22.5 Å². The van der Waals surface area contributed by atoms with E-state index in [1.807, 2.05) is 0 Å². The minimum Gasteiger partial charge on any atom is -0.493 e. The summed E-state index contributed by atoms with van der Waals surface area (Å²) in [5.74, 6) is 3.09. The standard InChI is InChI=1S/C13H15NO5/c1-3-4-5-6-19-13-8-11(14(16)17)10(9-15)7-12(13)18-2/h1,7-8,15H,4-6,9H2,2H3. The lowest BCUT2D eigenvalue weighted by Crippen LogP contribution is -2.02. The molecule has 6 heteroatoms. The van der Waals surface area contributed by atoms with E-state index in [1.54, 1.807) is 0 Å². The zero-order valence-electron chi connectivity index (χ0n) is 10.6. The molecule has 0 aliphatic carbocycles. The molecule has 0 heterocycles. The molecule has 0 amide bonds. The first-order chi connectivity index (χ1) is 9.13. The predicted octanol–water partition coefficient (Wildman–Crippen LogP) is 1.89. The highest BCUT2D eigenvalue weighted by molar-refractivity contribution is 5.54. The first-order valence-electron chi connectivity index (χ1n) is 5.66. The van der Waals surface area contributed by atoms with Crippen molar-refractivity contribution < 1.29 is 19.5 Å². The molecule has 6 nitrogen and oxygen atoms in total. The lowest BCUT2D eigenvalue weighted by molar-refractivity contribution is -0.385. The molecule has 1 rings (SSSR count). The summed E-state index contributed by atoms with van der Waals surface area (Å²) >= 11 is 0. The molecule has 0 unspecified atom stereocenters. The minimum absolute atomic E-state index is 0.179. The quantitative estimate of drug-likeness (QED) is 0.352. The van der Waals surface area contributed by atoms with E-state index < -0.39 is 11.5 Å². The Bertz CT molecular complexity index is 493. The number of terminal acetylenes is 1. The van der Waals surface area contributed by atoms with Gasteiger partial charge in [0.1, 0.15) is 0 Å². The molecular formula is C13H15NO5. The molecular weight excluding hydrogens is 250 g/mol. The van der Waals surface area contributed by atoms with E-state index in [2.05, 4.69) is 5.92 Å². The van der Waals surface area contributed by atoms with Crippen LogP contribution in [-0.4, -0.2) is 23.7 Å². The molecule has 0 aliphatic heterocycles. The molecule has 0 spiro atoms. The first kappa shape index (κ1) is 14.8. The summed E-state index contributed by atoms with van der Waals surface area (Å²) in [7, 11) is 1.43. The van der Waals surface area contributed by atoms with Crippen molar-refractivity contribution in [2.75, 3.05) is 13.7 Å². The molecule has 1 N–H and O–H groups in total. The van der Waals surface area contributed by atoms with Crippen molar-refractivity contribution >= 4 is 5.69 Å². The molecule has 0 saturated heterocycles. The molecule has 1 aromatic rings. The zero-order valence-corrected chi connectivity index (χ0v) is 10.6. The van der Waals surface area contributed by atoms with Crippen molar-refractivity contribution in [1.82, 2.24) is 0 Å². The fourth-order valence-corrected chi connectivity index (χ4v) is 1.52. The smallest absolute Gasteiger partial charge is 0.278 e. The first-order valence-corrected chi connectivity index (χ1v) is 5.66. The number of methoxy groups -OCH3 is 1. The average Bonchev–Trinajstić information content (AvgIpc) is 2.42. The monoisotopic (exact) mass is 265 g/mol. The van der Waals surface area contributed by atoms with Crippen molar-refractivity contribution in [2.45, 2.75) is 19.4 Å². The van der Waals surface area contributed by atoms with Crippen LogP contribution in [-0.2, 0) is 6.61 Å². The van der Waals surface area contributed by atoms with Gasteiger partial charge in [-0.15, -0.1) is 12.3 Å². The van der Waals surface area contributed by atoms with Crippen molar-refractivity contribution in [2.24, 2.45) is 0 Å². The van der Waals surface area contributed by atoms with Gasteiger partial charge in [-0.2, -0.15) is 0 Å². The highest BCUT2D eigenvalue weighted by Crippen LogP contribution is 2.34. The fourth-order valence-electron chi connectivity index (χ4n) is 1.52. The molecule has 0 aliphatic rings. The predicted molar refractivity (Wildman–Crippen MR) is 69.1 cm³/mol. The van der Waals surface area contributed by atoms with Crippen LogP contribution < -0.4 is 9.47 Å². The molecule has 19 heavy (non-hydrogen) atoms. The summed E-state index contributed by atoms with van der Waals surface area (Å²) in [6.07, 6.45) is 6.34. The van der Waals surface area contributed by atoms with Crippen molar-refractivity contribution in [1.29, 1.82) is 0 Å². The number of benzene rings is 1. The number of aliphatic hydroxyl groups is 1. The third-order valence-electron chi connectivity index (χ3n) is 2.45.